The first-order valence-electron chi connectivity index (χ1n) is 7.67. The summed E-state index contributed by atoms with van der Waals surface area (Å²) >= 11 is 0. The number of hydrogen-bond acceptors (Lipinski definition) is 7. The van der Waals surface area contributed by atoms with Gasteiger partial charge in [-0.15, -0.1) is 5.10 Å². The second-order valence-corrected chi connectivity index (χ2v) is 5.78. The van der Waals surface area contributed by atoms with E-state index in [0.717, 1.165) is 29.9 Å². The molecule has 124 valence electrons. The molecule has 4 rings (SSSR count). The number of carbonyl (C=O) groups is 1. The van der Waals surface area contributed by atoms with Crippen LogP contribution in [0.5, 0.6) is 0 Å². The lowest BCUT2D eigenvalue weighted by Crippen LogP contribution is -2.31. The first-order chi connectivity index (χ1) is 11.7. The SMILES string of the molecule is Cc1noc(C)c1C1CCCN1C(=O)c1cn[nH]c1-n1cnnn1. The van der Waals surface area contributed by atoms with Gasteiger partial charge in [0.25, 0.3) is 5.91 Å². The largest absolute Gasteiger partial charge is 0.361 e. The van der Waals surface area contributed by atoms with E-state index in [1.165, 1.54) is 17.2 Å². The number of aromatic nitrogens is 7. The highest BCUT2D eigenvalue weighted by atomic mass is 16.5. The van der Waals surface area contributed by atoms with E-state index in [1.807, 2.05) is 18.7 Å². The molecule has 1 aliphatic heterocycles. The van der Waals surface area contributed by atoms with E-state index in [4.69, 9.17) is 4.52 Å². The Labute approximate surface area is 136 Å². The van der Waals surface area contributed by atoms with Crippen molar-refractivity contribution < 1.29 is 9.32 Å². The van der Waals surface area contributed by atoms with Crippen LogP contribution in [0.25, 0.3) is 5.82 Å². The Bertz CT molecular complexity index is 846. The fraction of sp³-hybridized carbons (Fsp3) is 0.429. The van der Waals surface area contributed by atoms with E-state index in [-0.39, 0.29) is 11.9 Å². The first kappa shape index (κ1) is 14.5. The molecular formula is C14H16N8O2. The molecule has 0 aromatic carbocycles. The number of aryl methyl sites for hydroxylation is 2. The van der Waals surface area contributed by atoms with Gasteiger partial charge in [-0.3, -0.25) is 9.89 Å². The summed E-state index contributed by atoms with van der Waals surface area (Å²) in [5.74, 6) is 1.09. The number of aromatic amines is 1. The summed E-state index contributed by atoms with van der Waals surface area (Å²) in [6.45, 7) is 4.45. The Balaban J connectivity index is 1.69. The second kappa shape index (κ2) is 5.55. The van der Waals surface area contributed by atoms with Crippen molar-refractivity contribution >= 4 is 5.91 Å². The Morgan fingerprint density at radius 1 is 1.42 bits per heavy atom. The summed E-state index contributed by atoms with van der Waals surface area (Å²) in [6.07, 6.45) is 4.73. The van der Waals surface area contributed by atoms with Crippen molar-refractivity contribution in [2.75, 3.05) is 6.54 Å². The number of nitrogens with one attached hydrogen (secondary N) is 1. The van der Waals surface area contributed by atoms with E-state index in [9.17, 15) is 4.79 Å². The maximum Gasteiger partial charge on any atom is 0.259 e. The molecular weight excluding hydrogens is 312 g/mol. The minimum Gasteiger partial charge on any atom is -0.361 e. The lowest BCUT2D eigenvalue weighted by molar-refractivity contribution is 0.0734. The highest BCUT2D eigenvalue weighted by molar-refractivity contribution is 5.97. The fourth-order valence-corrected chi connectivity index (χ4v) is 3.30. The monoisotopic (exact) mass is 328 g/mol. The summed E-state index contributed by atoms with van der Waals surface area (Å²) < 4.78 is 6.66. The zero-order valence-electron chi connectivity index (χ0n) is 13.3. The normalized spacial score (nSPS) is 17.6. The highest BCUT2D eigenvalue weighted by Gasteiger charge is 2.35. The Morgan fingerprint density at radius 3 is 3.00 bits per heavy atom. The van der Waals surface area contributed by atoms with Gasteiger partial charge in [0.1, 0.15) is 17.7 Å². The molecule has 0 saturated carbocycles. The third-order valence-electron chi connectivity index (χ3n) is 4.36. The third-order valence-corrected chi connectivity index (χ3v) is 4.36. The van der Waals surface area contributed by atoms with E-state index >= 15 is 0 Å². The molecule has 3 aromatic rings. The molecule has 1 N–H and O–H groups in total. The molecule has 1 atom stereocenters. The predicted octanol–water partition coefficient (Wildman–Crippen LogP) is 0.968. The Hall–Kier alpha value is -3.04. The van der Waals surface area contributed by atoms with Crippen LogP contribution < -0.4 is 0 Å². The van der Waals surface area contributed by atoms with Crippen LogP contribution in [0.2, 0.25) is 0 Å². The minimum absolute atomic E-state index is 0.0413. The van der Waals surface area contributed by atoms with Gasteiger partial charge in [-0.2, -0.15) is 9.78 Å². The van der Waals surface area contributed by atoms with Gasteiger partial charge in [-0.05, 0) is 37.1 Å². The average molecular weight is 328 g/mol. The number of tetrazole rings is 1. The molecule has 24 heavy (non-hydrogen) atoms. The van der Waals surface area contributed by atoms with Crippen LogP contribution in [0.4, 0.5) is 0 Å². The number of nitrogens with zero attached hydrogens (tertiary/aromatic N) is 7. The number of amides is 1. The van der Waals surface area contributed by atoms with Crippen LogP contribution in [-0.2, 0) is 0 Å². The van der Waals surface area contributed by atoms with Crippen molar-refractivity contribution in [1.29, 1.82) is 0 Å². The summed E-state index contributed by atoms with van der Waals surface area (Å²) in [6, 6.07) is -0.0413. The van der Waals surface area contributed by atoms with Crippen molar-refractivity contribution in [2.45, 2.75) is 32.7 Å². The standard InChI is InChI=1S/C14H16N8O2/c1-8-12(9(2)24-18-8)11-4-3-5-21(11)14(23)10-6-15-17-13(10)22-7-16-19-20-22/h6-7,11H,3-5H2,1-2H3,(H,15,17). The molecule has 3 aromatic heterocycles. The quantitative estimate of drug-likeness (QED) is 0.760. The van der Waals surface area contributed by atoms with Gasteiger partial charge < -0.3 is 9.42 Å². The number of H-pyrrole nitrogens is 1. The van der Waals surface area contributed by atoms with Gasteiger partial charge in [0.15, 0.2) is 5.82 Å². The molecule has 10 nitrogen and oxygen atoms in total. The molecule has 1 amide bonds. The molecule has 0 aliphatic carbocycles. The molecule has 1 fully saturated rings. The Morgan fingerprint density at radius 2 is 2.29 bits per heavy atom. The summed E-state index contributed by atoms with van der Waals surface area (Å²) in [7, 11) is 0. The van der Waals surface area contributed by atoms with Gasteiger partial charge in [0.05, 0.1) is 17.9 Å². The van der Waals surface area contributed by atoms with Crippen LogP contribution in [0.3, 0.4) is 0 Å². The maximum atomic E-state index is 13.1. The number of rotatable bonds is 3. The molecule has 0 spiro atoms. The van der Waals surface area contributed by atoms with Gasteiger partial charge in [0, 0.05) is 12.1 Å². The van der Waals surface area contributed by atoms with Gasteiger partial charge >= 0.3 is 0 Å². The van der Waals surface area contributed by atoms with Crippen LogP contribution >= 0.6 is 0 Å². The first-order valence-corrected chi connectivity index (χ1v) is 7.67. The number of carbonyl (C=O) groups excluding carboxylic acids is 1. The van der Waals surface area contributed by atoms with Gasteiger partial charge in [-0.25, -0.2) is 0 Å². The zero-order valence-corrected chi connectivity index (χ0v) is 13.3. The van der Waals surface area contributed by atoms with E-state index in [0.29, 0.717) is 17.9 Å². The van der Waals surface area contributed by atoms with Crippen molar-refractivity contribution in [2.24, 2.45) is 0 Å². The lowest BCUT2D eigenvalue weighted by atomic mass is 10.0. The second-order valence-electron chi connectivity index (χ2n) is 5.78. The fourth-order valence-electron chi connectivity index (χ4n) is 3.30. The molecule has 1 saturated heterocycles. The highest BCUT2D eigenvalue weighted by Crippen LogP contribution is 2.36. The maximum absolute atomic E-state index is 13.1. The summed E-state index contributed by atoms with van der Waals surface area (Å²) in [5.41, 5.74) is 2.25. The molecule has 4 heterocycles. The molecule has 0 bridgehead atoms. The third kappa shape index (κ3) is 2.18. The van der Waals surface area contributed by atoms with E-state index in [1.54, 1.807) is 0 Å². The van der Waals surface area contributed by atoms with Crippen LogP contribution in [0.1, 0.15) is 46.3 Å². The molecule has 1 unspecified atom stereocenters. The summed E-state index contributed by atoms with van der Waals surface area (Å²) in [4.78, 5) is 14.9. The van der Waals surface area contributed by atoms with E-state index < -0.39 is 0 Å². The topological polar surface area (TPSA) is 119 Å². The van der Waals surface area contributed by atoms with Crippen LogP contribution in [0, 0.1) is 13.8 Å². The molecule has 0 radical (unpaired) electrons. The van der Waals surface area contributed by atoms with Gasteiger partial charge in [0.2, 0.25) is 0 Å². The smallest absolute Gasteiger partial charge is 0.259 e. The van der Waals surface area contributed by atoms with E-state index in [2.05, 4.69) is 30.9 Å². The minimum atomic E-state index is -0.114. The van der Waals surface area contributed by atoms with Crippen LogP contribution in [-0.4, -0.2) is 52.9 Å². The number of hydrogen-bond donors (Lipinski definition) is 1. The van der Waals surface area contributed by atoms with Crippen molar-refractivity contribution in [3.8, 4) is 5.82 Å². The Kier molecular flexibility index (Phi) is 3.36. The number of likely N-dealkylation sites (tertiary alicyclic amines) is 1. The molecule has 10 heteroatoms. The van der Waals surface area contributed by atoms with Crippen molar-refractivity contribution in [3.05, 3.63) is 35.1 Å². The molecule has 1 aliphatic rings. The average Bonchev–Trinajstić information content (AvgIpc) is 3.34. The van der Waals surface area contributed by atoms with Crippen molar-refractivity contribution in [3.63, 3.8) is 0 Å². The zero-order chi connectivity index (χ0) is 16.7. The van der Waals surface area contributed by atoms with Crippen LogP contribution in [0.15, 0.2) is 17.0 Å². The lowest BCUT2D eigenvalue weighted by Gasteiger charge is -2.24. The van der Waals surface area contributed by atoms with Crippen molar-refractivity contribution in [1.82, 2.24) is 40.5 Å². The summed E-state index contributed by atoms with van der Waals surface area (Å²) in [5, 5.41) is 21.8. The predicted molar refractivity (Wildman–Crippen MR) is 80.3 cm³/mol. The van der Waals surface area contributed by atoms with Gasteiger partial charge in [-0.1, -0.05) is 5.16 Å².